The molecular weight excluding hydrogens is 333 g/mol. The van der Waals surface area contributed by atoms with Crippen molar-refractivity contribution in [2.24, 2.45) is 0 Å². The Kier molecular flexibility index (Phi) is 6.32. The Bertz CT molecular complexity index is 736. The van der Waals surface area contributed by atoms with E-state index in [0.29, 0.717) is 16.1 Å². The van der Waals surface area contributed by atoms with Crippen molar-refractivity contribution in [2.45, 2.75) is 18.9 Å². The molecule has 2 rings (SSSR count). The fourth-order valence-corrected chi connectivity index (χ4v) is 2.59. The van der Waals surface area contributed by atoms with Gasteiger partial charge in [-0.15, -0.1) is 0 Å². The SMILES string of the molecule is COC(=O)CC(NC(=O)Cc1cccc(F)c1)c1ccccc1Cl. The van der Waals surface area contributed by atoms with E-state index in [9.17, 15) is 14.0 Å². The van der Waals surface area contributed by atoms with Gasteiger partial charge in [0, 0.05) is 5.02 Å². The number of benzene rings is 2. The maximum Gasteiger partial charge on any atom is 0.307 e. The van der Waals surface area contributed by atoms with Gasteiger partial charge in [0.2, 0.25) is 5.91 Å². The van der Waals surface area contributed by atoms with Crippen molar-refractivity contribution in [3.05, 3.63) is 70.5 Å². The molecule has 0 radical (unpaired) electrons. The standard InChI is InChI=1S/C18H17ClFNO3/c1-24-18(23)11-16(14-7-2-3-8-15(14)19)21-17(22)10-12-5-4-6-13(20)9-12/h2-9,16H,10-11H2,1H3,(H,21,22). The molecule has 1 amide bonds. The Morgan fingerprint density at radius 3 is 2.62 bits per heavy atom. The minimum absolute atomic E-state index is 0.000114. The highest BCUT2D eigenvalue weighted by Gasteiger charge is 2.21. The van der Waals surface area contributed by atoms with Gasteiger partial charge in [-0.25, -0.2) is 4.39 Å². The van der Waals surface area contributed by atoms with Gasteiger partial charge in [-0.2, -0.15) is 0 Å². The molecule has 1 N–H and O–H groups in total. The topological polar surface area (TPSA) is 55.4 Å². The summed E-state index contributed by atoms with van der Waals surface area (Å²) in [6.45, 7) is 0. The number of carbonyl (C=O) groups excluding carboxylic acids is 2. The molecule has 2 aromatic rings. The van der Waals surface area contributed by atoms with Crippen molar-refractivity contribution in [2.75, 3.05) is 7.11 Å². The van der Waals surface area contributed by atoms with Crippen LogP contribution in [0.5, 0.6) is 0 Å². The molecule has 126 valence electrons. The molecule has 0 bridgehead atoms. The average molecular weight is 350 g/mol. The molecular formula is C18H17ClFNO3. The first-order valence-corrected chi connectivity index (χ1v) is 7.72. The van der Waals surface area contributed by atoms with Crippen molar-refractivity contribution in [1.29, 1.82) is 0 Å². The largest absolute Gasteiger partial charge is 0.469 e. The summed E-state index contributed by atoms with van der Waals surface area (Å²) >= 11 is 6.16. The number of halogens is 2. The van der Waals surface area contributed by atoms with Crippen LogP contribution in [0.25, 0.3) is 0 Å². The summed E-state index contributed by atoms with van der Waals surface area (Å²) in [4.78, 5) is 23.9. The van der Waals surface area contributed by atoms with Gasteiger partial charge in [0.1, 0.15) is 5.82 Å². The molecule has 0 aliphatic heterocycles. The molecule has 6 heteroatoms. The first-order valence-electron chi connectivity index (χ1n) is 7.34. The molecule has 0 aromatic heterocycles. The van der Waals surface area contributed by atoms with Crippen LogP contribution in [0.15, 0.2) is 48.5 Å². The van der Waals surface area contributed by atoms with E-state index in [1.54, 1.807) is 30.3 Å². The molecule has 24 heavy (non-hydrogen) atoms. The Hall–Kier alpha value is -2.40. The third-order valence-electron chi connectivity index (χ3n) is 3.47. The zero-order valence-corrected chi connectivity index (χ0v) is 13.8. The summed E-state index contributed by atoms with van der Waals surface area (Å²) in [6.07, 6.45) is -0.0466. The van der Waals surface area contributed by atoms with E-state index in [4.69, 9.17) is 11.6 Å². The van der Waals surface area contributed by atoms with Crippen LogP contribution in [0.4, 0.5) is 4.39 Å². The number of hydrogen-bond acceptors (Lipinski definition) is 3. The van der Waals surface area contributed by atoms with E-state index in [-0.39, 0.29) is 18.7 Å². The third kappa shape index (κ3) is 5.06. The van der Waals surface area contributed by atoms with E-state index < -0.39 is 17.8 Å². The summed E-state index contributed by atoms with van der Waals surface area (Å²) in [6, 6.07) is 12.1. The van der Waals surface area contributed by atoms with Gasteiger partial charge in [0.25, 0.3) is 0 Å². The quantitative estimate of drug-likeness (QED) is 0.813. The van der Waals surface area contributed by atoms with E-state index in [1.165, 1.54) is 25.3 Å². The summed E-state index contributed by atoms with van der Waals surface area (Å²) < 4.78 is 17.9. The molecule has 0 fully saturated rings. The molecule has 0 heterocycles. The summed E-state index contributed by atoms with van der Waals surface area (Å²) in [5.41, 5.74) is 1.17. The van der Waals surface area contributed by atoms with Gasteiger partial charge in [0.05, 0.1) is 26.0 Å². The molecule has 2 aromatic carbocycles. The fraction of sp³-hybridized carbons (Fsp3) is 0.222. The number of amides is 1. The summed E-state index contributed by atoms with van der Waals surface area (Å²) in [7, 11) is 1.28. The number of carbonyl (C=O) groups is 2. The summed E-state index contributed by atoms with van der Waals surface area (Å²) in [5, 5.41) is 3.20. The van der Waals surface area contributed by atoms with Crippen LogP contribution < -0.4 is 5.32 Å². The van der Waals surface area contributed by atoms with E-state index >= 15 is 0 Å². The van der Waals surface area contributed by atoms with Gasteiger partial charge in [-0.3, -0.25) is 9.59 Å². The van der Waals surface area contributed by atoms with Crippen LogP contribution in [-0.4, -0.2) is 19.0 Å². The highest BCUT2D eigenvalue weighted by Crippen LogP contribution is 2.25. The maximum atomic E-state index is 13.2. The number of hydrogen-bond donors (Lipinski definition) is 1. The molecule has 1 atom stereocenters. The zero-order valence-electron chi connectivity index (χ0n) is 13.1. The zero-order chi connectivity index (χ0) is 17.5. The van der Waals surface area contributed by atoms with E-state index in [1.807, 2.05) is 0 Å². The van der Waals surface area contributed by atoms with Crippen LogP contribution in [-0.2, 0) is 20.7 Å². The van der Waals surface area contributed by atoms with Gasteiger partial charge >= 0.3 is 5.97 Å². The Balaban J connectivity index is 2.14. The maximum absolute atomic E-state index is 13.2. The lowest BCUT2D eigenvalue weighted by Gasteiger charge is -2.19. The third-order valence-corrected chi connectivity index (χ3v) is 3.81. The smallest absolute Gasteiger partial charge is 0.307 e. The second-order valence-corrected chi connectivity index (χ2v) is 5.64. The second kappa shape index (κ2) is 8.45. The first kappa shape index (κ1) is 17.9. The monoisotopic (exact) mass is 349 g/mol. The van der Waals surface area contributed by atoms with Gasteiger partial charge in [-0.1, -0.05) is 41.9 Å². The van der Waals surface area contributed by atoms with Crippen LogP contribution in [0.1, 0.15) is 23.6 Å². The van der Waals surface area contributed by atoms with Crippen molar-refractivity contribution in [3.63, 3.8) is 0 Å². The predicted molar refractivity (Wildman–Crippen MR) is 89.1 cm³/mol. The number of rotatable bonds is 6. The number of nitrogens with one attached hydrogen (secondary N) is 1. The molecule has 0 aliphatic rings. The van der Waals surface area contributed by atoms with Crippen LogP contribution in [0.2, 0.25) is 5.02 Å². The fourth-order valence-electron chi connectivity index (χ4n) is 2.32. The Labute approximate surface area is 144 Å². The van der Waals surface area contributed by atoms with Gasteiger partial charge < -0.3 is 10.1 Å². The lowest BCUT2D eigenvalue weighted by molar-refractivity contribution is -0.141. The number of esters is 1. The molecule has 4 nitrogen and oxygen atoms in total. The molecule has 0 saturated heterocycles. The van der Waals surface area contributed by atoms with Crippen LogP contribution in [0, 0.1) is 5.82 Å². The second-order valence-electron chi connectivity index (χ2n) is 5.23. The lowest BCUT2D eigenvalue weighted by Crippen LogP contribution is -2.31. The average Bonchev–Trinajstić information content (AvgIpc) is 2.54. The Morgan fingerprint density at radius 2 is 1.96 bits per heavy atom. The highest BCUT2D eigenvalue weighted by atomic mass is 35.5. The van der Waals surface area contributed by atoms with Crippen LogP contribution in [0.3, 0.4) is 0 Å². The van der Waals surface area contributed by atoms with Crippen LogP contribution >= 0.6 is 11.6 Å². The van der Waals surface area contributed by atoms with E-state index in [0.717, 1.165) is 0 Å². The Morgan fingerprint density at radius 1 is 1.21 bits per heavy atom. The predicted octanol–water partition coefficient (Wildman–Crippen LogP) is 3.44. The molecule has 1 unspecified atom stereocenters. The van der Waals surface area contributed by atoms with Crippen molar-refractivity contribution in [3.8, 4) is 0 Å². The van der Waals surface area contributed by atoms with Gasteiger partial charge in [-0.05, 0) is 29.3 Å². The highest BCUT2D eigenvalue weighted by molar-refractivity contribution is 6.31. The number of methoxy groups -OCH3 is 1. The normalized spacial score (nSPS) is 11.6. The van der Waals surface area contributed by atoms with E-state index in [2.05, 4.69) is 10.1 Å². The van der Waals surface area contributed by atoms with Crippen molar-refractivity contribution < 1.29 is 18.7 Å². The molecule has 0 aliphatic carbocycles. The van der Waals surface area contributed by atoms with Crippen molar-refractivity contribution in [1.82, 2.24) is 5.32 Å². The minimum atomic E-state index is -0.618. The molecule has 0 saturated carbocycles. The molecule has 0 spiro atoms. The number of ether oxygens (including phenoxy) is 1. The lowest BCUT2D eigenvalue weighted by atomic mass is 10.0. The first-order chi connectivity index (χ1) is 11.5. The van der Waals surface area contributed by atoms with Crippen molar-refractivity contribution >= 4 is 23.5 Å². The van der Waals surface area contributed by atoms with Gasteiger partial charge in [0.15, 0.2) is 0 Å². The summed E-state index contributed by atoms with van der Waals surface area (Å²) in [5.74, 6) is -1.21. The minimum Gasteiger partial charge on any atom is -0.469 e.